The molecule has 0 aromatic rings. The van der Waals surface area contributed by atoms with Crippen molar-refractivity contribution in [2.45, 2.75) is 169 Å². The third kappa shape index (κ3) is 11.3. The Morgan fingerprint density at radius 1 is 0.476 bits per heavy atom. The number of hydrogen-bond donors (Lipinski definition) is 14. The lowest BCUT2D eigenvalue weighted by molar-refractivity contribution is -0.374. The number of nitrogens with two attached hydrogens (primary N) is 1. The van der Waals surface area contributed by atoms with Crippen LogP contribution in [0.25, 0.3) is 0 Å². The highest BCUT2D eigenvalue weighted by atomic mass is 16.8. The van der Waals surface area contributed by atoms with Gasteiger partial charge in [-0.25, -0.2) is 0 Å². The van der Waals surface area contributed by atoms with Crippen molar-refractivity contribution in [3.8, 4) is 0 Å². The number of carbonyl (C=O) groups is 2. The van der Waals surface area contributed by atoms with Crippen LogP contribution in [0.5, 0.6) is 0 Å². The lowest BCUT2D eigenvalue weighted by Crippen LogP contribution is -2.69. The van der Waals surface area contributed by atoms with Gasteiger partial charge in [-0.05, 0) is 0 Å². The highest BCUT2D eigenvalue weighted by Crippen LogP contribution is 2.38. The van der Waals surface area contributed by atoms with Crippen LogP contribution in [0, 0.1) is 11.8 Å². The Labute approximate surface area is 361 Å². The SMILES string of the molecule is CO[C@H]1OC(CO)[C@H](OC2OC(CO)C(O[C@H]3OC(CO)[C@H](OC4OC(CO)C(O[C@@H]5O[C@@H](CO)C(O)C(O)C5N)[C@H](O)[C@@H]4C)C(O)[C@H]3NC(C)=O)[C@H](O)[C@@H]2C)C(O)[C@H]1NC(C)=O. The molecular weight excluding hydrogens is 854 g/mol. The average Bonchev–Trinajstić information content (AvgIpc) is 3.25. The van der Waals surface area contributed by atoms with Gasteiger partial charge in [0, 0.05) is 32.8 Å². The van der Waals surface area contributed by atoms with E-state index in [1.165, 1.54) is 27.9 Å². The molecule has 0 aliphatic carbocycles. The lowest BCUT2D eigenvalue weighted by Gasteiger charge is -2.51. The van der Waals surface area contributed by atoms with Crippen LogP contribution >= 0.6 is 0 Å². The van der Waals surface area contributed by atoms with E-state index in [-0.39, 0.29) is 0 Å². The van der Waals surface area contributed by atoms with Crippen LogP contribution in [0.3, 0.4) is 0 Å². The molecule has 5 aliphatic rings. The predicted octanol–water partition coefficient (Wildman–Crippen LogP) is -8.47. The molecule has 26 heteroatoms. The predicted molar refractivity (Wildman–Crippen MR) is 203 cm³/mol. The van der Waals surface area contributed by atoms with Gasteiger partial charge in [0.15, 0.2) is 31.5 Å². The van der Waals surface area contributed by atoms with Crippen molar-refractivity contribution in [1.82, 2.24) is 10.6 Å². The Balaban J connectivity index is 1.29. The molecule has 5 aliphatic heterocycles. The van der Waals surface area contributed by atoms with E-state index in [9.17, 15) is 65.8 Å². The zero-order valence-electron chi connectivity index (χ0n) is 35.4. The molecule has 5 saturated heterocycles. The van der Waals surface area contributed by atoms with Crippen LogP contribution in [0.15, 0.2) is 0 Å². The van der Waals surface area contributed by atoms with Crippen molar-refractivity contribution >= 4 is 11.8 Å². The van der Waals surface area contributed by atoms with Gasteiger partial charge in [0.25, 0.3) is 0 Å². The summed E-state index contributed by atoms with van der Waals surface area (Å²) in [5.74, 6) is -3.24. The van der Waals surface area contributed by atoms with Gasteiger partial charge < -0.3 is 120 Å². The number of aliphatic hydroxyl groups is 11. The lowest BCUT2D eigenvalue weighted by atomic mass is 9.90. The minimum absolute atomic E-state index is 0.524. The van der Waals surface area contributed by atoms with Crippen LogP contribution in [-0.4, -0.2) is 249 Å². The summed E-state index contributed by atoms with van der Waals surface area (Å²) >= 11 is 0. The second-order valence-electron chi connectivity index (χ2n) is 16.5. The van der Waals surface area contributed by atoms with Gasteiger partial charge in [-0.2, -0.15) is 0 Å². The second-order valence-corrected chi connectivity index (χ2v) is 16.5. The van der Waals surface area contributed by atoms with Crippen LogP contribution in [0.4, 0.5) is 0 Å². The molecule has 0 saturated carbocycles. The molecule has 0 spiro atoms. The zero-order valence-corrected chi connectivity index (χ0v) is 35.4. The molecule has 5 heterocycles. The van der Waals surface area contributed by atoms with Crippen LogP contribution in [-0.2, 0) is 57.0 Å². The third-order valence-corrected chi connectivity index (χ3v) is 12.1. The Morgan fingerprint density at radius 3 is 1.17 bits per heavy atom. The number of hydrogen-bond acceptors (Lipinski definition) is 24. The number of aliphatic hydroxyl groups excluding tert-OH is 11. The number of methoxy groups -OCH3 is 1. The fourth-order valence-corrected chi connectivity index (χ4v) is 8.46. The summed E-state index contributed by atoms with van der Waals surface area (Å²) in [5.41, 5.74) is 6.01. The van der Waals surface area contributed by atoms with E-state index in [2.05, 4.69) is 10.6 Å². The summed E-state index contributed by atoms with van der Waals surface area (Å²) in [7, 11) is 1.27. The Hall–Kier alpha value is -1.94. The molecule has 26 nitrogen and oxygen atoms in total. The Bertz CT molecular complexity index is 1450. The number of carbonyl (C=O) groups excluding carboxylic acids is 2. The first-order valence-electron chi connectivity index (χ1n) is 20.7. The first kappa shape index (κ1) is 52.0. The summed E-state index contributed by atoms with van der Waals surface area (Å²) in [6, 6.07) is -3.98. The van der Waals surface area contributed by atoms with Crippen molar-refractivity contribution in [1.29, 1.82) is 0 Å². The maximum Gasteiger partial charge on any atom is 0.217 e. The van der Waals surface area contributed by atoms with E-state index in [1.807, 2.05) is 0 Å². The highest BCUT2D eigenvalue weighted by molar-refractivity contribution is 5.73. The topological polar surface area (TPSA) is 399 Å². The maximum atomic E-state index is 12.5. The molecule has 0 aromatic heterocycles. The fourth-order valence-electron chi connectivity index (χ4n) is 8.46. The summed E-state index contributed by atoms with van der Waals surface area (Å²) in [5, 5.41) is 123. The average molecular weight is 920 g/mol. The van der Waals surface area contributed by atoms with E-state index in [0.717, 1.165) is 6.92 Å². The van der Waals surface area contributed by atoms with Gasteiger partial charge in [0.1, 0.15) is 91.4 Å². The summed E-state index contributed by atoms with van der Waals surface area (Å²) in [6.07, 6.45) is -29.0. The summed E-state index contributed by atoms with van der Waals surface area (Å²) in [6.45, 7) is 1.54. The van der Waals surface area contributed by atoms with Gasteiger partial charge in [-0.1, -0.05) is 13.8 Å². The van der Waals surface area contributed by atoms with Crippen molar-refractivity contribution in [2.24, 2.45) is 17.6 Å². The summed E-state index contributed by atoms with van der Waals surface area (Å²) in [4.78, 5) is 24.4. The molecule has 2 amide bonds. The zero-order chi connectivity index (χ0) is 46.6. The van der Waals surface area contributed by atoms with Gasteiger partial charge >= 0.3 is 0 Å². The maximum absolute atomic E-state index is 12.5. The monoisotopic (exact) mass is 919 g/mol. The molecule has 0 radical (unpaired) electrons. The molecule has 5 rings (SSSR count). The largest absolute Gasteiger partial charge is 0.394 e. The number of ether oxygens (including phenoxy) is 10. The van der Waals surface area contributed by atoms with Crippen molar-refractivity contribution in [2.75, 3.05) is 40.1 Å². The van der Waals surface area contributed by atoms with E-state index >= 15 is 0 Å². The quantitative estimate of drug-likeness (QED) is 0.0683. The number of nitrogens with one attached hydrogen (secondary N) is 2. The van der Waals surface area contributed by atoms with Gasteiger partial charge in [-0.15, -0.1) is 0 Å². The Morgan fingerprint density at radius 2 is 0.794 bits per heavy atom. The molecule has 5 fully saturated rings. The first-order valence-corrected chi connectivity index (χ1v) is 20.7. The molecule has 366 valence electrons. The molecule has 13 unspecified atom stereocenters. The summed E-state index contributed by atoms with van der Waals surface area (Å²) < 4.78 is 58.6. The van der Waals surface area contributed by atoms with E-state index in [0.29, 0.717) is 0 Å². The van der Waals surface area contributed by atoms with Gasteiger partial charge in [-0.3, -0.25) is 9.59 Å². The fraction of sp³-hybridized carbons (Fsp3) is 0.946. The first-order chi connectivity index (χ1) is 29.8. The Kier molecular flexibility index (Phi) is 18.8. The number of amides is 2. The van der Waals surface area contributed by atoms with Crippen molar-refractivity contribution in [3.05, 3.63) is 0 Å². The second kappa shape index (κ2) is 22.7. The normalized spacial score (nSPS) is 48.4. The van der Waals surface area contributed by atoms with Crippen LogP contribution in [0.1, 0.15) is 27.7 Å². The smallest absolute Gasteiger partial charge is 0.217 e. The minimum atomic E-state index is -1.77. The van der Waals surface area contributed by atoms with Crippen molar-refractivity contribution < 1.29 is 113 Å². The standard InChI is InChI=1S/C37H65N3O23/c1-11-23(48)29(62-35-20(38)26(51)25(50)15(6-41)55-35)16(7-42)56-33(11)61-32-19(10-45)59-37(22(28(32)53)40-14(4)47)63-30-17(8-43)57-34(12(2)24(30)49)60-31-18(9-44)58-36(54-5)21(27(31)52)39-13(3)46/h11-12,15-37,41-45,48-53H,6-10,38H2,1-5H3,(H,39,46)(H,40,47)/t11-,12-,15-,16?,17?,18?,19?,20?,21+,22+,23+,24+,25?,26?,27?,28?,29?,30?,31-,32-,33?,34?,35-,36-,37+/m0/s1. The van der Waals surface area contributed by atoms with Crippen LogP contribution in [0.2, 0.25) is 0 Å². The van der Waals surface area contributed by atoms with Crippen LogP contribution < -0.4 is 16.4 Å². The van der Waals surface area contributed by atoms with E-state index < -0.39 is 198 Å². The molecule has 63 heavy (non-hydrogen) atoms. The highest BCUT2D eigenvalue weighted by Gasteiger charge is 2.56. The third-order valence-electron chi connectivity index (χ3n) is 12.1. The molecule has 25 atom stereocenters. The van der Waals surface area contributed by atoms with E-state index in [4.69, 9.17) is 53.1 Å². The van der Waals surface area contributed by atoms with E-state index in [1.54, 1.807) is 0 Å². The minimum Gasteiger partial charge on any atom is -0.394 e. The van der Waals surface area contributed by atoms with Crippen molar-refractivity contribution in [3.63, 3.8) is 0 Å². The number of rotatable bonds is 16. The van der Waals surface area contributed by atoms with Gasteiger partial charge in [0.2, 0.25) is 11.8 Å². The molecule has 0 bridgehead atoms. The van der Waals surface area contributed by atoms with Gasteiger partial charge in [0.05, 0.1) is 51.3 Å². The molecule has 15 N–H and O–H groups in total. The molecule has 0 aromatic carbocycles. The molecular formula is C37H65N3O23.